The van der Waals surface area contributed by atoms with Gasteiger partial charge in [-0.3, -0.25) is 0 Å². The first-order valence-corrected chi connectivity index (χ1v) is 13.8. The van der Waals surface area contributed by atoms with Gasteiger partial charge < -0.3 is 9.52 Å². The van der Waals surface area contributed by atoms with Crippen molar-refractivity contribution in [1.29, 1.82) is 0 Å². The summed E-state index contributed by atoms with van der Waals surface area (Å²) in [7, 11) is -3.23. The zero-order chi connectivity index (χ0) is 22.9. The Bertz CT molecular complexity index is 1090. The topological polar surface area (TPSA) is 96.6 Å². The molecule has 1 heterocycles. The van der Waals surface area contributed by atoms with Gasteiger partial charge in [0, 0.05) is 17.5 Å². The third-order valence-corrected chi connectivity index (χ3v) is 10.5. The Labute approximate surface area is 190 Å². The van der Waals surface area contributed by atoms with Crippen LogP contribution in [0.25, 0.3) is 0 Å². The van der Waals surface area contributed by atoms with E-state index in [2.05, 4.69) is 24.6 Å². The molecule has 176 valence electrons. The molecule has 0 saturated heterocycles. The van der Waals surface area contributed by atoms with Gasteiger partial charge in [0.05, 0.1) is 18.1 Å². The molecular formula is C25H35NO5S. The molecule has 4 aliphatic carbocycles. The van der Waals surface area contributed by atoms with E-state index in [0.717, 1.165) is 56.9 Å². The van der Waals surface area contributed by atoms with Crippen LogP contribution in [0.1, 0.15) is 76.7 Å². The summed E-state index contributed by atoms with van der Waals surface area (Å²) in [5, 5.41) is 12.3. The molecule has 1 aromatic rings. The highest BCUT2D eigenvalue weighted by molar-refractivity contribution is 7.88. The van der Waals surface area contributed by atoms with Crippen molar-refractivity contribution in [3.05, 3.63) is 46.0 Å². The second kappa shape index (κ2) is 7.28. The van der Waals surface area contributed by atoms with Crippen LogP contribution < -0.4 is 10.3 Å². The number of allylic oxidation sites excluding steroid dienone is 1. The van der Waals surface area contributed by atoms with Gasteiger partial charge in [-0.1, -0.05) is 25.5 Å². The minimum absolute atomic E-state index is 0.0211. The smallest absolute Gasteiger partial charge is 0.335 e. The molecule has 7 atom stereocenters. The van der Waals surface area contributed by atoms with E-state index >= 15 is 0 Å². The highest BCUT2D eigenvalue weighted by Gasteiger charge is 2.66. The minimum atomic E-state index is -3.23. The lowest BCUT2D eigenvalue weighted by Gasteiger charge is -2.62. The summed E-state index contributed by atoms with van der Waals surface area (Å²) < 4.78 is 31.4. The average Bonchev–Trinajstić information content (AvgIpc) is 2.99. The highest BCUT2D eigenvalue weighted by atomic mass is 32.2. The molecule has 32 heavy (non-hydrogen) atoms. The Kier molecular flexibility index (Phi) is 5.08. The van der Waals surface area contributed by atoms with Crippen LogP contribution in [0.2, 0.25) is 0 Å². The SMILES string of the molecule is C[C@]12CC[C@H](NS(C)(=O)=O)C=C1CC[C@@H]1[C@@H]2CC[C@]2(C)[C@@H](c3ccc(=O)oc3)CC[C@]12O. The van der Waals surface area contributed by atoms with Crippen LogP contribution in [0.4, 0.5) is 0 Å². The Morgan fingerprint density at radius 1 is 1.06 bits per heavy atom. The number of rotatable bonds is 3. The molecule has 0 bridgehead atoms. The second-order valence-electron chi connectivity index (χ2n) is 11.3. The Morgan fingerprint density at radius 3 is 2.53 bits per heavy atom. The number of sulfonamides is 1. The highest BCUT2D eigenvalue weighted by Crippen LogP contribution is 2.70. The fourth-order valence-electron chi connectivity index (χ4n) is 8.17. The number of hydrogen-bond donors (Lipinski definition) is 2. The minimum Gasteiger partial charge on any atom is -0.431 e. The number of nitrogens with one attached hydrogen (secondary N) is 1. The third kappa shape index (κ3) is 3.26. The zero-order valence-corrected chi connectivity index (χ0v) is 20.1. The van der Waals surface area contributed by atoms with Gasteiger partial charge in [-0.05, 0) is 86.2 Å². The van der Waals surface area contributed by atoms with Gasteiger partial charge in [0.15, 0.2) is 0 Å². The van der Waals surface area contributed by atoms with E-state index < -0.39 is 15.6 Å². The van der Waals surface area contributed by atoms with Gasteiger partial charge in [0.1, 0.15) is 0 Å². The van der Waals surface area contributed by atoms with Crippen LogP contribution in [0, 0.1) is 22.7 Å². The van der Waals surface area contributed by atoms with Gasteiger partial charge >= 0.3 is 5.63 Å². The van der Waals surface area contributed by atoms with Crippen molar-refractivity contribution in [2.45, 2.75) is 82.8 Å². The molecule has 2 N–H and O–H groups in total. The maximum Gasteiger partial charge on any atom is 0.335 e. The zero-order valence-electron chi connectivity index (χ0n) is 19.3. The van der Waals surface area contributed by atoms with Crippen molar-refractivity contribution in [3.63, 3.8) is 0 Å². The van der Waals surface area contributed by atoms with Crippen LogP contribution >= 0.6 is 0 Å². The van der Waals surface area contributed by atoms with E-state index in [4.69, 9.17) is 4.42 Å². The molecule has 0 aliphatic heterocycles. The van der Waals surface area contributed by atoms with E-state index in [1.54, 1.807) is 6.26 Å². The number of fused-ring (bicyclic) bond motifs is 5. The van der Waals surface area contributed by atoms with Crippen molar-refractivity contribution in [1.82, 2.24) is 4.72 Å². The lowest BCUT2D eigenvalue weighted by molar-refractivity contribution is -0.177. The van der Waals surface area contributed by atoms with E-state index in [1.807, 2.05) is 6.07 Å². The molecule has 0 unspecified atom stereocenters. The summed E-state index contributed by atoms with van der Waals surface area (Å²) in [6, 6.07) is 3.24. The van der Waals surface area contributed by atoms with Crippen molar-refractivity contribution in [2.24, 2.45) is 22.7 Å². The monoisotopic (exact) mass is 461 g/mol. The molecule has 1 aromatic heterocycles. The predicted octanol–water partition coefficient (Wildman–Crippen LogP) is 3.72. The fraction of sp³-hybridized carbons (Fsp3) is 0.720. The van der Waals surface area contributed by atoms with E-state index in [-0.39, 0.29) is 34.3 Å². The van der Waals surface area contributed by atoms with E-state index in [0.29, 0.717) is 5.92 Å². The summed E-state index contributed by atoms with van der Waals surface area (Å²) in [6.07, 6.45) is 12.3. The number of hydrogen-bond acceptors (Lipinski definition) is 5. The number of aliphatic hydroxyl groups is 1. The molecule has 5 rings (SSSR count). The first-order valence-electron chi connectivity index (χ1n) is 12.0. The fourth-order valence-corrected chi connectivity index (χ4v) is 8.90. The maximum atomic E-state index is 12.3. The lowest BCUT2D eigenvalue weighted by Crippen LogP contribution is -2.60. The van der Waals surface area contributed by atoms with Crippen molar-refractivity contribution in [3.8, 4) is 0 Å². The first kappa shape index (κ1) is 22.4. The van der Waals surface area contributed by atoms with Crippen LogP contribution in [-0.4, -0.2) is 31.4 Å². The average molecular weight is 462 g/mol. The van der Waals surface area contributed by atoms with Gasteiger partial charge in [-0.2, -0.15) is 0 Å². The van der Waals surface area contributed by atoms with Crippen LogP contribution in [0.3, 0.4) is 0 Å². The molecule has 3 saturated carbocycles. The van der Waals surface area contributed by atoms with Gasteiger partial charge in [-0.25, -0.2) is 17.9 Å². The van der Waals surface area contributed by atoms with E-state index in [9.17, 15) is 18.3 Å². The molecule has 3 fully saturated rings. The molecule has 4 aliphatic rings. The molecule has 6 nitrogen and oxygen atoms in total. The third-order valence-electron chi connectivity index (χ3n) is 9.79. The van der Waals surface area contributed by atoms with Crippen LogP contribution in [-0.2, 0) is 10.0 Å². The van der Waals surface area contributed by atoms with Crippen molar-refractivity contribution < 1.29 is 17.9 Å². The first-order chi connectivity index (χ1) is 15.0. The summed E-state index contributed by atoms with van der Waals surface area (Å²) in [4.78, 5) is 11.5. The normalized spacial score (nSPS) is 43.7. The van der Waals surface area contributed by atoms with Crippen LogP contribution in [0.15, 0.2) is 39.3 Å². The van der Waals surface area contributed by atoms with Crippen molar-refractivity contribution >= 4 is 10.0 Å². The van der Waals surface area contributed by atoms with E-state index in [1.165, 1.54) is 17.9 Å². The summed E-state index contributed by atoms with van der Waals surface area (Å²) in [5.41, 5.74) is 1.12. The Balaban J connectivity index is 1.45. The van der Waals surface area contributed by atoms with Gasteiger partial charge in [0.2, 0.25) is 10.0 Å². The Hall–Kier alpha value is -1.44. The molecule has 0 amide bonds. The lowest BCUT2D eigenvalue weighted by atomic mass is 9.45. The second-order valence-corrected chi connectivity index (χ2v) is 13.0. The molecule has 7 heteroatoms. The molecular weight excluding hydrogens is 426 g/mol. The van der Waals surface area contributed by atoms with Crippen molar-refractivity contribution in [2.75, 3.05) is 6.26 Å². The standard InChI is InChI=1S/C25H35NO5S/c1-23-11-8-18(26-32(3,29)30)14-17(23)5-6-21-20(23)9-12-24(2)19(10-13-25(21,24)28)16-4-7-22(27)31-15-16/h4,7,14-15,18-21,26,28H,5-6,8-13H2,1-3H3/t18-,19+,20-,21+,23-,24+,25-/m0/s1. The largest absolute Gasteiger partial charge is 0.431 e. The molecule has 0 aromatic carbocycles. The van der Waals surface area contributed by atoms with Gasteiger partial charge in [-0.15, -0.1) is 0 Å². The van der Waals surface area contributed by atoms with Gasteiger partial charge in [0.25, 0.3) is 0 Å². The molecule has 0 spiro atoms. The summed E-state index contributed by atoms with van der Waals surface area (Å²) in [5.74, 6) is 0.841. The predicted molar refractivity (Wildman–Crippen MR) is 123 cm³/mol. The van der Waals surface area contributed by atoms with Crippen LogP contribution in [0.5, 0.6) is 0 Å². The quantitative estimate of drug-likeness (QED) is 0.669. The Morgan fingerprint density at radius 2 is 1.84 bits per heavy atom. The summed E-state index contributed by atoms with van der Waals surface area (Å²) in [6.45, 7) is 4.59. The maximum absolute atomic E-state index is 12.3. The molecule has 0 radical (unpaired) electrons. The summed E-state index contributed by atoms with van der Waals surface area (Å²) >= 11 is 0.